The lowest BCUT2D eigenvalue weighted by molar-refractivity contribution is -0.0949. The van der Waals surface area contributed by atoms with Gasteiger partial charge in [0.15, 0.2) is 22.6 Å². The Morgan fingerprint density at radius 3 is 1.77 bits per heavy atom. The molecule has 11 atom stereocenters. The zero-order valence-electron chi connectivity index (χ0n) is 49.0. The molecule has 34 heteroatoms. The molecule has 0 aliphatic carbocycles. The van der Waals surface area contributed by atoms with Crippen LogP contribution < -0.4 is 37.7 Å². The van der Waals surface area contributed by atoms with Gasteiger partial charge in [-0.2, -0.15) is 15.5 Å². The normalized spacial score (nSPS) is 23.0. The van der Waals surface area contributed by atoms with Crippen LogP contribution in [0.5, 0.6) is 11.5 Å². The fraction of sp³-hybridized carbons (Fsp3) is 0.404. The number of hydrogen-bond donors (Lipinski definition) is 5. The van der Waals surface area contributed by atoms with Crippen molar-refractivity contribution in [3.63, 3.8) is 0 Å². The maximum absolute atomic E-state index is 15.6. The molecule has 478 valence electrons. The van der Waals surface area contributed by atoms with Crippen molar-refractivity contribution >= 4 is 49.7 Å². The van der Waals surface area contributed by atoms with E-state index >= 15 is 4.57 Å². The number of nitrogens with one attached hydrogen (secondary N) is 2. The first-order valence-electron chi connectivity index (χ1n) is 28.4. The van der Waals surface area contributed by atoms with Crippen LogP contribution in [-0.4, -0.2) is 138 Å². The van der Waals surface area contributed by atoms with E-state index in [1.807, 2.05) is 66.7 Å². The summed E-state index contributed by atoms with van der Waals surface area (Å²) in [6.45, 7) is -1.23. The summed E-state index contributed by atoms with van der Waals surface area (Å²) in [7, 11) is -6.79. The molecule has 0 bridgehead atoms. The monoisotopic (exact) mass is 1290 g/mol. The van der Waals surface area contributed by atoms with E-state index in [9.17, 15) is 34.6 Å². The van der Waals surface area contributed by atoms with Crippen LogP contribution in [-0.2, 0) is 60.8 Å². The average Bonchev–Trinajstić information content (AvgIpc) is 2.02. The number of fused-ring (bicyclic) bond motifs is 2. The van der Waals surface area contributed by atoms with Gasteiger partial charge in [0, 0.05) is 31.0 Å². The van der Waals surface area contributed by atoms with Gasteiger partial charge >= 0.3 is 21.3 Å². The Morgan fingerprint density at radius 2 is 1.18 bits per heavy atom. The number of aromatic nitrogens is 10. The summed E-state index contributed by atoms with van der Waals surface area (Å²) in [6, 6.07) is 28.0. The lowest BCUT2D eigenvalue weighted by atomic mass is 9.80. The summed E-state index contributed by atoms with van der Waals surface area (Å²) in [6.07, 6.45) is -6.87. The Balaban J connectivity index is 0.905. The quantitative estimate of drug-likeness (QED) is 0.0253. The second-order valence-electron chi connectivity index (χ2n) is 21.1. The van der Waals surface area contributed by atoms with Crippen molar-refractivity contribution in [2.45, 2.75) is 99.9 Å². The number of rotatable bonds is 27. The van der Waals surface area contributed by atoms with E-state index in [2.05, 4.69) is 34.9 Å². The summed E-state index contributed by atoms with van der Waals surface area (Å²) >= 11 is 0. The highest BCUT2D eigenvalue weighted by Crippen LogP contribution is 2.57. The third-order valence-electron chi connectivity index (χ3n) is 15.4. The van der Waals surface area contributed by atoms with Crippen LogP contribution in [0.15, 0.2) is 118 Å². The number of nitriles is 2. The number of nitrogens with zero attached hydrogens (tertiary/aromatic N) is 10. The Labute approximate surface area is 516 Å². The first kappa shape index (κ1) is 64.0. The zero-order valence-corrected chi connectivity index (χ0v) is 50.8. The minimum atomic E-state index is -4.99. The molecule has 0 amide bonds. The Morgan fingerprint density at radius 1 is 0.648 bits per heavy atom. The highest BCUT2D eigenvalue weighted by Gasteiger charge is 2.49. The lowest BCUT2D eigenvalue weighted by Gasteiger charge is -2.37. The fourth-order valence-corrected chi connectivity index (χ4v) is 13.7. The molecule has 0 radical (unpaired) electrons. The van der Waals surface area contributed by atoms with E-state index in [1.165, 1.54) is 36.7 Å². The van der Waals surface area contributed by atoms with Gasteiger partial charge in [-0.3, -0.25) is 60.4 Å². The molecule has 3 fully saturated rings. The largest absolute Gasteiger partial charge is 0.497 e. The predicted octanol–water partition coefficient (Wildman–Crippen LogP) is 5.11. The molecular formula is C57H62N14O18P2. The highest BCUT2D eigenvalue weighted by atomic mass is 31.2. The third kappa shape index (κ3) is 13.7. The van der Waals surface area contributed by atoms with Gasteiger partial charge in [0.25, 0.3) is 11.1 Å². The van der Waals surface area contributed by atoms with Crippen LogP contribution in [0.2, 0.25) is 0 Å². The molecule has 3 aliphatic rings. The van der Waals surface area contributed by atoms with Gasteiger partial charge in [0.05, 0.1) is 91.0 Å². The van der Waals surface area contributed by atoms with Gasteiger partial charge in [0.2, 0.25) is 5.95 Å². The van der Waals surface area contributed by atoms with Crippen LogP contribution >= 0.6 is 15.6 Å². The van der Waals surface area contributed by atoms with Crippen LogP contribution in [0.4, 0.5) is 11.8 Å². The number of phosphoric acid groups is 2. The number of aliphatic hydroxyl groups excluding tert-OH is 1. The molecule has 3 aliphatic heterocycles. The van der Waals surface area contributed by atoms with Crippen molar-refractivity contribution in [1.29, 1.82) is 10.5 Å². The van der Waals surface area contributed by atoms with Gasteiger partial charge in [-0.1, -0.05) is 54.6 Å². The predicted molar refractivity (Wildman–Crippen MR) is 317 cm³/mol. The number of aryl methyl sites for hydroxylation is 1. The van der Waals surface area contributed by atoms with Crippen LogP contribution in [0.25, 0.3) is 22.3 Å². The number of benzene rings is 3. The molecule has 8 heterocycles. The number of anilines is 2. The smallest absolute Gasteiger partial charge is 0.475 e. The van der Waals surface area contributed by atoms with Gasteiger partial charge in [-0.25, -0.2) is 33.9 Å². The topological polar surface area (TPSA) is 427 Å². The maximum Gasteiger partial charge on any atom is 0.475 e. The summed E-state index contributed by atoms with van der Waals surface area (Å²) in [4.78, 5) is 64.4. The van der Waals surface area contributed by atoms with Crippen LogP contribution in [0, 0.1) is 29.6 Å². The molecule has 3 saturated heterocycles. The minimum absolute atomic E-state index is 0.0444. The van der Waals surface area contributed by atoms with Crippen molar-refractivity contribution in [3.05, 3.63) is 157 Å². The van der Waals surface area contributed by atoms with Gasteiger partial charge in [-0.05, 0) is 47.9 Å². The highest BCUT2D eigenvalue weighted by molar-refractivity contribution is 7.48. The first-order chi connectivity index (χ1) is 43.9. The number of aliphatic hydroxyl groups is 1. The summed E-state index contributed by atoms with van der Waals surface area (Å²) in [5.74, 6) is 1.07. The summed E-state index contributed by atoms with van der Waals surface area (Å²) < 4.78 is 109. The van der Waals surface area contributed by atoms with Crippen molar-refractivity contribution in [2.24, 2.45) is 0 Å². The van der Waals surface area contributed by atoms with Gasteiger partial charge in [0.1, 0.15) is 78.1 Å². The van der Waals surface area contributed by atoms with E-state index in [0.29, 0.717) is 33.8 Å². The number of phosphoric ester groups is 2. The van der Waals surface area contributed by atoms with E-state index in [1.54, 1.807) is 43.1 Å². The summed E-state index contributed by atoms with van der Waals surface area (Å²) in [5, 5.41) is 30.4. The second kappa shape index (κ2) is 27.5. The van der Waals surface area contributed by atoms with E-state index in [-0.39, 0.29) is 72.7 Å². The van der Waals surface area contributed by atoms with Gasteiger partial charge in [-0.15, -0.1) is 0 Å². The number of H-pyrrole nitrogens is 2. The first-order valence-corrected chi connectivity index (χ1v) is 31.4. The molecule has 5 aromatic heterocycles. The van der Waals surface area contributed by atoms with E-state index in [0.717, 1.165) is 4.57 Å². The number of nitrogen functional groups attached to an aromatic ring is 2. The molecule has 3 aromatic carbocycles. The van der Waals surface area contributed by atoms with Crippen LogP contribution in [0.3, 0.4) is 0 Å². The number of aromatic amines is 2. The molecular weight excluding hydrogens is 1230 g/mol. The molecule has 7 N–H and O–H groups in total. The number of nitrogens with two attached hydrogens (primary N) is 2. The SMILES string of the molecule is COc1ccc(C(OC[C@H]2O[C@@H](n3cnc4c(N)ncnc43)C[C@@H]2OP(=O)(OCCC#N)OC[C@H]2O[C@@H](n3cc(C)c(=O)[nH]c3=O)C[C@@H]2OP(=O)(OCCC#N)OC[C@H]2O[C@@H](n3cnc4c(=O)[nH]c(N)nc43)C[C@@H]2O)(c2ccccc2)c2ccc(OC)cc2)cc1. The second-order valence-corrected chi connectivity index (χ2v) is 24.3. The van der Waals surface area contributed by atoms with Crippen molar-refractivity contribution in [3.8, 4) is 23.6 Å². The molecule has 0 saturated carbocycles. The number of methoxy groups -OCH3 is 2. The molecule has 8 aromatic rings. The van der Waals surface area contributed by atoms with E-state index < -0.39 is 120 Å². The number of ether oxygens (including phenoxy) is 6. The molecule has 0 spiro atoms. The zero-order chi connectivity index (χ0) is 64.0. The molecule has 2 unspecified atom stereocenters. The number of hydrogen-bond acceptors (Lipinski definition) is 27. The third-order valence-corrected chi connectivity index (χ3v) is 18.4. The van der Waals surface area contributed by atoms with Crippen LogP contribution in [0.1, 0.15) is 73.0 Å². The van der Waals surface area contributed by atoms with Crippen molar-refractivity contribution < 1.29 is 69.8 Å². The molecule has 11 rings (SSSR count). The van der Waals surface area contributed by atoms with Crippen molar-refractivity contribution in [2.75, 3.05) is 58.7 Å². The van der Waals surface area contributed by atoms with Gasteiger partial charge < -0.3 is 45.0 Å². The lowest BCUT2D eigenvalue weighted by Crippen LogP contribution is -2.38. The Hall–Kier alpha value is -8.56. The van der Waals surface area contributed by atoms with E-state index in [4.69, 9.17) is 67.0 Å². The molecule has 91 heavy (non-hydrogen) atoms. The van der Waals surface area contributed by atoms with Crippen molar-refractivity contribution in [1.82, 2.24) is 48.6 Å². The Bertz CT molecular complexity index is 4210. The Kier molecular flexibility index (Phi) is 19.3. The average molecular weight is 1290 g/mol. The number of imidazole rings is 2. The molecule has 32 nitrogen and oxygen atoms in total. The maximum atomic E-state index is 15.6. The minimum Gasteiger partial charge on any atom is -0.497 e. The standard InChI is InChI=1S/C57H62N14O18P2/c1-33-26-69(56(75)68-53(33)73)46-24-41(89-90(76,81-21-7-19-58)83-28-42-39(72)23-45(85-42)71-32-65-49-52(71)66-55(61)67-54(49)74)44(87-46)29-84-91(77,82-22-8-20-59)88-40-25-47(70-31-64-48-50(60)62-30-63-51(48)70)86-43(40)27-80-57(34-9-5-4-6-10-34,35-11-15-37(78-2)16-12-35)36-13-17-38(79-3)18-14-36/h4-6,9-18,26,30-32,39-47,72H,7-8,21-25,27-29H2,1-3H3,(H2,60,62,63)(H,68,73,75)(H3,61,66,67,74)/t39-,40-,41-,42+,43+,44+,45+,46+,47+,90?,91?/m0/s1. The fourth-order valence-electron chi connectivity index (χ4n) is 10.9. The summed E-state index contributed by atoms with van der Waals surface area (Å²) in [5.41, 5.74) is 11.2.